The number of nitrogens with zero attached hydrogens (tertiary/aromatic N) is 1. The zero-order valence-electron chi connectivity index (χ0n) is 12.8. The number of benzene rings is 1. The van der Waals surface area contributed by atoms with Crippen LogP contribution in [0.2, 0.25) is 0 Å². The number of amides is 1. The standard InChI is InChI=1S/C17H26N2O/c1-13-8-7-11-15(12-18)19(13)16(20)17(2,3)14-9-5-4-6-10-14/h4-6,9-10,13,15H,7-8,11-12,18H2,1-3H3. The van der Waals surface area contributed by atoms with Gasteiger partial charge < -0.3 is 10.6 Å². The van der Waals surface area contributed by atoms with Gasteiger partial charge in [-0.15, -0.1) is 0 Å². The quantitative estimate of drug-likeness (QED) is 0.921. The SMILES string of the molecule is CC1CCCC(CN)N1C(=O)C(C)(C)c1ccccc1. The van der Waals surface area contributed by atoms with Crippen LogP contribution in [0.3, 0.4) is 0 Å². The first kappa shape index (κ1) is 15.0. The van der Waals surface area contributed by atoms with Crippen molar-refractivity contribution in [3.63, 3.8) is 0 Å². The molecule has 0 radical (unpaired) electrons. The van der Waals surface area contributed by atoms with E-state index in [1.165, 1.54) is 6.42 Å². The van der Waals surface area contributed by atoms with Crippen LogP contribution in [0.1, 0.15) is 45.6 Å². The lowest BCUT2D eigenvalue weighted by Gasteiger charge is -2.44. The highest BCUT2D eigenvalue weighted by molar-refractivity contribution is 5.88. The van der Waals surface area contributed by atoms with Gasteiger partial charge in [-0.3, -0.25) is 4.79 Å². The molecule has 1 aromatic carbocycles. The average Bonchev–Trinajstić information content (AvgIpc) is 2.47. The van der Waals surface area contributed by atoms with Crippen molar-refractivity contribution in [2.75, 3.05) is 6.54 Å². The fraction of sp³-hybridized carbons (Fsp3) is 0.588. The Morgan fingerprint density at radius 1 is 1.30 bits per heavy atom. The Morgan fingerprint density at radius 2 is 1.95 bits per heavy atom. The van der Waals surface area contributed by atoms with E-state index >= 15 is 0 Å². The molecule has 1 amide bonds. The number of piperidine rings is 1. The molecule has 1 fully saturated rings. The molecule has 1 heterocycles. The number of carbonyl (C=O) groups is 1. The molecule has 3 heteroatoms. The van der Waals surface area contributed by atoms with E-state index in [1.807, 2.05) is 49.1 Å². The second kappa shape index (κ2) is 5.96. The Morgan fingerprint density at radius 3 is 2.55 bits per heavy atom. The van der Waals surface area contributed by atoms with E-state index in [-0.39, 0.29) is 18.0 Å². The summed E-state index contributed by atoms with van der Waals surface area (Å²) < 4.78 is 0. The fourth-order valence-electron chi connectivity index (χ4n) is 3.19. The molecule has 2 unspecified atom stereocenters. The van der Waals surface area contributed by atoms with Crippen LogP contribution in [0.5, 0.6) is 0 Å². The highest BCUT2D eigenvalue weighted by Crippen LogP contribution is 2.31. The van der Waals surface area contributed by atoms with Gasteiger partial charge in [-0.1, -0.05) is 30.3 Å². The molecule has 0 aromatic heterocycles. The average molecular weight is 274 g/mol. The summed E-state index contributed by atoms with van der Waals surface area (Å²) in [4.78, 5) is 15.1. The van der Waals surface area contributed by atoms with Crippen molar-refractivity contribution in [1.29, 1.82) is 0 Å². The van der Waals surface area contributed by atoms with E-state index in [4.69, 9.17) is 5.73 Å². The number of hydrogen-bond acceptors (Lipinski definition) is 2. The molecule has 20 heavy (non-hydrogen) atoms. The summed E-state index contributed by atoms with van der Waals surface area (Å²) in [6, 6.07) is 10.5. The van der Waals surface area contributed by atoms with Crippen molar-refractivity contribution in [1.82, 2.24) is 4.90 Å². The van der Waals surface area contributed by atoms with Gasteiger partial charge in [-0.2, -0.15) is 0 Å². The normalized spacial score (nSPS) is 23.7. The number of hydrogen-bond donors (Lipinski definition) is 1. The van der Waals surface area contributed by atoms with Gasteiger partial charge in [0.15, 0.2) is 0 Å². The Kier molecular flexibility index (Phi) is 4.48. The van der Waals surface area contributed by atoms with Crippen molar-refractivity contribution >= 4 is 5.91 Å². The van der Waals surface area contributed by atoms with Crippen molar-refractivity contribution in [2.45, 2.75) is 57.5 Å². The maximum absolute atomic E-state index is 13.1. The van der Waals surface area contributed by atoms with Gasteiger partial charge in [0.2, 0.25) is 5.91 Å². The maximum Gasteiger partial charge on any atom is 0.233 e. The molecule has 1 saturated heterocycles. The van der Waals surface area contributed by atoms with Crippen molar-refractivity contribution < 1.29 is 4.79 Å². The van der Waals surface area contributed by atoms with Crippen LogP contribution in [0.4, 0.5) is 0 Å². The van der Waals surface area contributed by atoms with Gasteiger partial charge >= 0.3 is 0 Å². The molecule has 2 rings (SSSR count). The Hall–Kier alpha value is -1.35. The summed E-state index contributed by atoms with van der Waals surface area (Å²) in [6.07, 6.45) is 3.27. The second-order valence-electron chi connectivity index (χ2n) is 6.37. The van der Waals surface area contributed by atoms with Crippen LogP contribution in [-0.2, 0) is 10.2 Å². The molecule has 0 saturated carbocycles. The van der Waals surface area contributed by atoms with Crippen molar-refractivity contribution in [2.24, 2.45) is 5.73 Å². The summed E-state index contributed by atoms with van der Waals surface area (Å²) in [5.41, 5.74) is 6.45. The predicted octanol–water partition coefficient (Wildman–Crippen LogP) is 2.69. The maximum atomic E-state index is 13.1. The minimum absolute atomic E-state index is 0.189. The van der Waals surface area contributed by atoms with Gasteiger partial charge in [-0.25, -0.2) is 0 Å². The second-order valence-corrected chi connectivity index (χ2v) is 6.37. The third kappa shape index (κ3) is 2.73. The van der Waals surface area contributed by atoms with E-state index in [9.17, 15) is 4.79 Å². The third-order valence-electron chi connectivity index (χ3n) is 4.56. The summed E-state index contributed by atoms with van der Waals surface area (Å²) in [7, 11) is 0. The smallest absolute Gasteiger partial charge is 0.233 e. The Balaban J connectivity index is 2.28. The summed E-state index contributed by atoms with van der Waals surface area (Å²) in [5, 5.41) is 0. The number of likely N-dealkylation sites (tertiary alicyclic amines) is 1. The molecule has 0 aliphatic carbocycles. The first-order valence-electron chi connectivity index (χ1n) is 7.57. The van der Waals surface area contributed by atoms with Crippen LogP contribution in [0.25, 0.3) is 0 Å². The molecule has 2 N–H and O–H groups in total. The lowest BCUT2D eigenvalue weighted by atomic mass is 9.81. The molecule has 0 bridgehead atoms. The largest absolute Gasteiger partial charge is 0.335 e. The number of carbonyl (C=O) groups excluding carboxylic acids is 1. The summed E-state index contributed by atoms with van der Waals surface area (Å²) >= 11 is 0. The Labute approximate surface area is 122 Å². The molecule has 0 spiro atoms. The van der Waals surface area contributed by atoms with Crippen molar-refractivity contribution in [3.8, 4) is 0 Å². The molecule has 110 valence electrons. The minimum Gasteiger partial charge on any atom is -0.335 e. The fourth-order valence-corrected chi connectivity index (χ4v) is 3.19. The zero-order valence-corrected chi connectivity index (χ0v) is 12.8. The molecular formula is C17H26N2O. The van der Waals surface area contributed by atoms with Gasteiger partial charge in [0.05, 0.1) is 5.41 Å². The number of nitrogens with two attached hydrogens (primary N) is 1. The monoisotopic (exact) mass is 274 g/mol. The topological polar surface area (TPSA) is 46.3 Å². The zero-order chi connectivity index (χ0) is 14.8. The first-order valence-corrected chi connectivity index (χ1v) is 7.57. The molecule has 1 aliphatic rings. The van der Waals surface area contributed by atoms with Crippen LogP contribution in [0, 0.1) is 0 Å². The molecule has 1 aliphatic heterocycles. The van der Waals surface area contributed by atoms with Gasteiger partial charge in [0.1, 0.15) is 0 Å². The van der Waals surface area contributed by atoms with E-state index in [2.05, 4.69) is 6.92 Å². The number of rotatable bonds is 3. The van der Waals surface area contributed by atoms with Crippen LogP contribution in [-0.4, -0.2) is 29.4 Å². The molecule has 3 nitrogen and oxygen atoms in total. The van der Waals surface area contributed by atoms with E-state index in [0.717, 1.165) is 18.4 Å². The van der Waals surface area contributed by atoms with Gasteiger partial charge in [0, 0.05) is 18.6 Å². The molecule has 2 atom stereocenters. The van der Waals surface area contributed by atoms with Crippen LogP contribution in [0.15, 0.2) is 30.3 Å². The Bertz CT molecular complexity index is 455. The summed E-state index contributed by atoms with van der Waals surface area (Å²) in [5.74, 6) is 0.200. The van der Waals surface area contributed by atoms with E-state index in [0.29, 0.717) is 6.54 Å². The lowest BCUT2D eigenvalue weighted by molar-refractivity contribution is -0.142. The first-order chi connectivity index (χ1) is 9.48. The summed E-state index contributed by atoms with van der Waals surface area (Å²) in [6.45, 7) is 6.72. The van der Waals surface area contributed by atoms with Crippen molar-refractivity contribution in [3.05, 3.63) is 35.9 Å². The third-order valence-corrected chi connectivity index (χ3v) is 4.56. The lowest BCUT2D eigenvalue weighted by Crippen LogP contribution is -2.56. The van der Waals surface area contributed by atoms with Crippen LogP contribution >= 0.6 is 0 Å². The highest BCUT2D eigenvalue weighted by Gasteiger charge is 2.39. The molecular weight excluding hydrogens is 248 g/mol. The highest BCUT2D eigenvalue weighted by atomic mass is 16.2. The predicted molar refractivity (Wildman–Crippen MR) is 82.5 cm³/mol. The van der Waals surface area contributed by atoms with Crippen LogP contribution < -0.4 is 5.73 Å². The van der Waals surface area contributed by atoms with E-state index in [1.54, 1.807) is 0 Å². The van der Waals surface area contributed by atoms with Gasteiger partial charge in [-0.05, 0) is 45.6 Å². The van der Waals surface area contributed by atoms with Gasteiger partial charge in [0.25, 0.3) is 0 Å². The minimum atomic E-state index is -0.500. The van der Waals surface area contributed by atoms with E-state index < -0.39 is 5.41 Å². The molecule has 1 aromatic rings.